The molecule has 1 heterocycles. The van der Waals surface area contributed by atoms with E-state index in [1.807, 2.05) is 0 Å². The van der Waals surface area contributed by atoms with Gasteiger partial charge in [0, 0.05) is 17.1 Å². The molecule has 17 heavy (non-hydrogen) atoms. The summed E-state index contributed by atoms with van der Waals surface area (Å²) in [6.07, 6.45) is 1.10. The molecule has 2 rings (SSSR count). The van der Waals surface area contributed by atoms with Gasteiger partial charge in [-0.2, -0.15) is 11.3 Å². The average molecular weight is 310 g/mol. The lowest BCUT2D eigenvalue weighted by atomic mass is 10.0. The summed E-state index contributed by atoms with van der Waals surface area (Å²) in [5.41, 5.74) is 2.71. The molecule has 0 aliphatic rings. The first-order valence-corrected chi connectivity index (χ1v) is 7.53. The van der Waals surface area contributed by atoms with Crippen molar-refractivity contribution in [2.75, 3.05) is 0 Å². The Labute approximate surface area is 115 Å². The van der Waals surface area contributed by atoms with Crippen LogP contribution in [0.3, 0.4) is 0 Å². The number of thiophene rings is 1. The van der Waals surface area contributed by atoms with E-state index < -0.39 is 0 Å². The molecular weight excluding hydrogens is 294 g/mol. The largest absolute Gasteiger partial charge is 0.306 e. The highest BCUT2D eigenvalue weighted by molar-refractivity contribution is 9.10. The monoisotopic (exact) mass is 309 g/mol. The van der Waals surface area contributed by atoms with Crippen molar-refractivity contribution in [3.63, 3.8) is 0 Å². The van der Waals surface area contributed by atoms with Crippen LogP contribution in [0.1, 0.15) is 30.5 Å². The Morgan fingerprint density at radius 2 is 2.24 bits per heavy atom. The second-order valence-corrected chi connectivity index (χ2v) is 5.72. The molecule has 1 unspecified atom stereocenters. The molecule has 0 bridgehead atoms. The van der Waals surface area contributed by atoms with Gasteiger partial charge in [-0.1, -0.05) is 35.0 Å². The summed E-state index contributed by atoms with van der Waals surface area (Å²) in [7, 11) is 0. The van der Waals surface area contributed by atoms with Crippen LogP contribution in [-0.4, -0.2) is 0 Å². The highest BCUT2D eigenvalue weighted by Gasteiger charge is 2.08. The number of rotatable bonds is 5. The third-order valence-corrected chi connectivity index (χ3v) is 4.02. The lowest BCUT2D eigenvalue weighted by Crippen LogP contribution is -2.19. The van der Waals surface area contributed by atoms with Crippen molar-refractivity contribution in [1.82, 2.24) is 5.32 Å². The highest BCUT2D eigenvalue weighted by Crippen LogP contribution is 2.21. The Hall–Kier alpha value is -0.640. The fourth-order valence-electron chi connectivity index (χ4n) is 1.86. The van der Waals surface area contributed by atoms with Crippen LogP contribution in [0.4, 0.5) is 0 Å². The molecule has 1 aromatic carbocycles. The van der Waals surface area contributed by atoms with E-state index >= 15 is 0 Å². The number of benzene rings is 1. The lowest BCUT2D eigenvalue weighted by molar-refractivity contribution is 0.519. The maximum Gasteiger partial charge on any atom is 0.0321 e. The molecule has 0 spiro atoms. The molecule has 3 heteroatoms. The van der Waals surface area contributed by atoms with Gasteiger partial charge in [-0.25, -0.2) is 0 Å². The highest BCUT2D eigenvalue weighted by atomic mass is 79.9. The smallest absolute Gasteiger partial charge is 0.0321 e. The molecule has 0 aliphatic heterocycles. The van der Waals surface area contributed by atoms with Crippen LogP contribution >= 0.6 is 27.3 Å². The van der Waals surface area contributed by atoms with Crippen molar-refractivity contribution < 1.29 is 0 Å². The summed E-state index contributed by atoms with van der Waals surface area (Å²) in [6, 6.07) is 11.1. The van der Waals surface area contributed by atoms with Crippen LogP contribution in [-0.2, 0) is 6.54 Å². The molecule has 0 fully saturated rings. The van der Waals surface area contributed by atoms with E-state index in [1.54, 1.807) is 11.3 Å². The van der Waals surface area contributed by atoms with Crippen molar-refractivity contribution in [3.05, 3.63) is 56.7 Å². The van der Waals surface area contributed by atoms with Gasteiger partial charge >= 0.3 is 0 Å². The van der Waals surface area contributed by atoms with E-state index in [-0.39, 0.29) is 0 Å². The van der Waals surface area contributed by atoms with Crippen LogP contribution < -0.4 is 5.32 Å². The maximum atomic E-state index is 3.60. The minimum Gasteiger partial charge on any atom is -0.306 e. The predicted molar refractivity (Wildman–Crippen MR) is 78.3 cm³/mol. The molecule has 0 radical (unpaired) electrons. The second-order valence-electron chi connectivity index (χ2n) is 4.03. The zero-order chi connectivity index (χ0) is 12.1. The number of halogens is 1. The minimum absolute atomic E-state index is 0.424. The summed E-state index contributed by atoms with van der Waals surface area (Å²) in [4.78, 5) is 0. The quantitative estimate of drug-likeness (QED) is 0.840. The van der Waals surface area contributed by atoms with Crippen molar-refractivity contribution in [2.24, 2.45) is 0 Å². The van der Waals surface area contributed by atoms with Crippen LogP contribution in [0.25, 0.3) is 0 Å². The van der Waals surface area contributed by atoms with Crippen molar-refractivity contribution >= 4 is 27.3 Å². The molecule has 1 aromatic heterocycles. The molecular formula is C14H16BrNS. The maximum absolute atomic E-state index is 3.60. The van der Waals surface area contributed by atoms with Gasteiger partial charge in [-0.05, 0) is 46.5 Å². The Bertz CT molecular complexity index is 453. The van der Waals surface area contributed by atoms with Crippen molar-refractivity contribution in [1.29, 1.82) is 0 Å². The summed E-state index contributed by atoms with van der Waals surface area (Å²) < 4.78 is 1.14. The second kappa shape index (κ2) is 6.34. The molecule has 0 saturated carbocycles. The van der Waals surface area contributed by atoms with Gasteiger partial charge < -0.3 is 5.32 Å². The molecule has 1 N–H and O–H groups in total. The van der Waals surface area contributed by atoms with Crippen molar-refractivity contribution in [3.8, 4) is 0 Å². The predicted octanol–water partition coefficient (Wildman–Crippen LogP) is 4.75. The Kier molecular flexibility index (Phi) is 4.77. The van der Waals surface area contributed by atoms with Crippen LogP contribution in [0.5, 0.6) is 0 Å². The van der Waals surface area contributed by atoms with Crippen LogP contribution in [0, 0.1) is 0 Å². The number of nitrogens with one attached hydrogen (secondary N) is 1. The minimum atomic E-state index is 0.424. The first kappa shape index (κ1) is 12.8. The van der Waals surface area contributed by atoms with Gasteiger partial charge in [0.2, 0.25) is 0 Å². The van der Waals surface area contributed by atoms with E-state index in [1.165, 1.54) is 11.1 Å². The number of hydrogen-bond acceptors (Lipinski definition) is 2. The first-order valence-electron chi connectivity index (χ1n) is 5.79. The van der Waals surface area contributed by atoms with Gasteiger partial charge in [0.05, 0.1) is 0 Å². The third-order valence-electron chi connectivity index (χ3n) is 2.79. The number of hydrogen-bond donors (Lipinski definition) is 1. The normalized spacial score (nSPS) is 12.6. The van der Waals surface area contributed by atoms with Gasteiger partial charge in [0.25, 0.3) is 0 Å². The van der Waals surface area contributed by atoms with Crippen molar-refractivity contribution in [2.45, 2.75) is 25.9 Å². The zero-order valence-corrected chi connectivity index (χ0v) is 12.2. The Balaban J connectivity index is 2.01. The molecule has 0 saturated heterocycles. The van der Waals surface area contributed by atoms with Gasteiger partial charge in [0.15, 0.2) is 0 Å². The van der Waals surface area contributed by atoms with E-state index in [0.717, 1.165) is 17.4 Å². The third kappa shape index (κ3) is 3.66. The fraction of sp³-hybridized carbons (Fsp3) is 0.286. The standard InChI is InChI=1S/C14H16BrNS/c1-2-14(12-4-3-5-13(15)8-12)16-9-11-6-7-17-10-11/h3-8,10,14,16H,2,9H2,1H3. The SMILES string of the molecule is CCC(NCc1ccsc1)c1cccc(Br)c1. The summed E-state index contributed by atoms with van der Waals surface area (Å²) in [5.74, 6) is 0. The Morgan fingerprint density at radius 1 is 1.35 bits per heavy atom. The molecule has 1 nitrogen and oxygen atoms in total. The van der Waals surface area contributed by atoms with Gasteiger partial charge in [0.1, 0.15) is 0 Å². The van der Waals surface area contributed by atoms with Crippen LogP contribution in [0.15, 0.2) is 45.6 Å². The first-order chi connectivity index (χ1) is 8.29. The fourth-order valence-corrected chi connectivity index (χ4v) is 2.94. The molecule has 0 aliphatic carbocycles. The topological polar surface area (TPSA) is 12.0 Å². The van der Waals surface area contributed by atoms with Crippen LogP contribution in [0.2, 0.25) is 0 Å². The van der Waals surface area contributed by atoms with E-state index in [9.17, 15) is 0 Å². The summed E-state index contributed by atoms with van der Waals surface area (Å²) in [6.45, 7) is 3.15. The van der Waals surface area contributed by atoms with E-state index in [2.05, 4.69) is 69.3 Å². The molecule has 2 aromatic rings. The summed E-state index contributed by atoms with van der Waals surface area (Å²) in [5, 5.41) is 7.92. The Morgan fingerprint density at radius 3 is 2.88 bits per heavy atom. The average Bonchev–Trinajstić information content (AvgIpc) is 2.83. The molecule has 90 valence electrons. The van der Waals surface area contributed by atoms with E-state index in [4.69, 9.17) is 0 Å². The lowest BCUT2D eigenvalue weighted by Gasteiger charge is -2.17. The molecule has 0 amide bonds. The van der Waals surface area contributed by atoms with Gasteiger partial charge in [-0.15, -0.1) is 0 Å². The van der Waals surface area contributed by atoms with E-state index in [0.29, 0.717) is 6.04 Å². The molecule has 1 atom stereocenters. The zero-order valence-electron chi connectivity index (χ0n) is 9.82. The summed E-state index contributed by atoms with van der Waals surface area (Å²) >= 11 is 5.27. The van der Waals surface area contributed by atoms with Gasteiger partial charge in [-0.3, -0.25) is 0 Å².